The van der Waals surface area contributed by atoms with E-state index in [0.717, 1.165) is 18.9 Å². The first-order valence-electron chi connectivity index (χ1n) is 8.03. The van der Waals surface area contributed by atoms with E-state index in [2.05, 4.69) is 5.32 Å². The van der Waals surface area contributed by atoms with Gasteiger partial charge >= 0.3 is 5.97 Å². The molecule has 1 fully saturated rings. The highest BCUT2D eigenvalue weighted by Gasteiger charge is 2.43. The lowest BCUT2D eigenvalue weighted by Gasteiger charge is -2.27. The van der Waals surface area contributed by atoms with Gasteiger partial charge in [-0.2, -0.15) is 0 Å². The number of benzene rings is 1. The summed E-state index contributed by atoms with van der Waals surface area (Å²) in [5.74, 6) is -0.809. The maximum Gasteiger partial charge on any atom is 0.331 e. The molecule has 0 heterocycles. The minimum Gasteiger partial charge on any atom is -0.491 e. The number of halogens is 2. The molecule has 24 heavy (non-hydrogen) atoms. The Labute approximate surface area is 145 Å². The van der Waals surface area contributed by atoms with E-state index in [4.69, 9.17) is 21.1 Å². The normalized spacial score (nSPS) is 15.8. The largest absolute Gasteiger partial charge is 0.491 e. The lowest BCUT2D eigenvalue weighted by Crippen LogP contribution is -2.53. The molecule has 0 aliphatic heterocycles. The number of carbonyl (C=O) groups excluding carboxylic acids is 2. The highest BCUT2D eigenvalue weighted by molar-refractivity contribution is 6.32. The minimum atomic E-state index is -0.916. The van der Waals surface area contributed by atoms with Crippen LogP contribution in [0.3, 0.4) is 0 Å². The summed E-state index contributed by atoms with van der Waals surface area (Å²) in [5, 5.41) is 2.95. The zero-order chi connectivity index (χ0) is 17.6. The van der Waals surface area contributed by atoms with E-state index in [1.54, 1.807) is 6.92 Å². The van der Waals surface area contributed by atoms with E-state index in [-0.39, 0.29) is 36.5 Å². The lowest BCUT2D eigenvalue weighted by molar-refractivity contribution is -0.153. The predicted octanol–water partition coefficient (Wildman–Crippen LogP) is 3.24. The molecule has 1 saturated carbocycles. The van der Waals surface area contributed by atoms with Gasteiger partial charge in [-0.05, 0) is 38.0 Å². The van der Waals surface area contributed by atoms with E-state index >= 15 is 0 Å². The molecule has 1 aliphatic rings. The van der Waals surface area contributed by atoms with Crippen LogP contribution in [0.1, 0.15) is 39.0 Å². The Hall–Kier alpha value is -1.82. The second kappa shape index (κ2) is 8.33. The van der Waals surface area contributed by atoms with Gasteiger partial charge in [-0.3, -0.25) is 4.79 Å². The van der Waals surface area contributed by atoms with Crippen LogP contribution in [-0.4, -0.2) is 30.6 Å². The Bertz CT molecular complexity index is 602. The van der Waals surface area contributed by atoms with E-state index in [0.29, 0.717) is 18.6 Å². The van der Waals surface area contributed by atoms with Gasteiger partial charge in [0.15, 0.2) is 0 Å². The highest BCUT2D eigenvalue weighted by atomic mass is 35.5. The van der Waals surface area contributed by atoms with Gasteiger partial charge in [-0.25, -0.2) is 9.18 Å². The maximum absolute atomic E-state index is 13.0. The van der Waals surface area contributed by atoms with Crippen LogP contribution >= 0.6 is 11.6 Å². The summed E-state index contributed by atoms with van der Waals surface area (Å²) in [6, 6.07) is 3.79. The minimum absolute atomic E-state index is 0.0643. The summed E-state index contributed by atoms with van der Waals surface area (Å²) in [4.78, 5) is 24.3. The summed E-state index contributed by atoms with van der Waals surface area (Å²) in [6.07, 6.45) is 2.99. The average molecular weight is 358 g/mol. The summed E-state index contributed by atoms with van der Waals surface area (Å²) < 4.78 is 23.4. The average Bonchev–Trinajstić information content (AvgIpc) is 2.99. The zero-order valence-corrected chi connectivity index (χ0v) is 14.3. The molecule has 1 N–H and O–H groups in total. The fourth-order valence-electron chi connectivity index (χ4n) is 2.80. The van der Waals surface area contributed by atoms with Crippen LogP contribution in [-0.2, 0) is 14.3 Å². The highest BCUT2D eigenvalue weighted by Crippen LogP contribution is 2.31. The number of esters is 1. The first kappa shape index (κ1) is 18.5. The second-order valence-corrected chi connectivity index (χ2v) is 6.14. The van der Waals surface area contributed by atoms with Crippen LogP contribution in [0, 0.1) is 5.82 Å². The standard InChI is InChI=1S/C17H21ClFNO4/c1-2-23-16(22)17(8-3-4-9-17)20-15(21)7-10-24-14-6-5-12(19)11-13(14)18/h5-6,11H,2-4,7-10H2,1H3,(H,20,21). The van der Waals surface area contributed by atoms with Crippen molar-refractivity contribution in [2.24, 2.45) is 0 Å². The van der Waals surface area contributed by atoms with Crippen molar-refractivity contribution < 1.29 is 23.5 Å². The Balaban J connectivity index is 1.86. The van der Waals surface area contributed by atoms with Gasteiger partial charge in [0, 0.05) is 0 Å². The molecule has 132 valence electrons. The monoisotopic (exact) mass is 357 g/mol. The molecule has 0 unspecified atom stereocenters. The van der Waals surface area contributed by atoms with Crippen LogP contribution in [0.4, 0.5) is 4.39 Å². The number of carbonyl (C=O) groups is 2. The molecule has 7 heteroatoms. The van der Waals surface area contributed by atoms with Crippen LogP contribution in [0.25, 0.3) is 0 Å². The zero-order valence-electron chi connectivity index (χ0n) is 13.6. The summed E-state index contributed by atoms with van der Waals surface area (Å²) in [7, 11) is 0. The van der Waals surface area contributed by atoms with Crippen molar-refractivity contribution in [2.75, 3.05) is 13.2 Å². The Morgan fingerprint density at radius 2 is 2.04 bits per heavy atom. The number of hydrogen-bond donors (Lipinski definition) is 1. The van der Waals surface area contributed by atoms with Crippen LogP contribution in [0.2, 0.25) is 5.02 Å². The Kier molecular flexibility index (Phi) is 6.43. The topological polar surface area (TPSA) is 64.6 Å². The second-order valence-electron chi connectivity index (χ2n) is 5.73. The molecule has 5 nitrogen and oxygen atoms in total. The first-order valence-corrected chi connectivity index (χ1v) is 8.41. The summed E-state index contributed by atoms with van der Waals surface area (Å²) in [5.41, 5.74) is -0.916. The molecular formula is C17H21ClFNO4. The van der Waals surface area contributed by atoms with Crippen molar-refractivity contribution in [3.63, 3.8) is 0 Å². The number of amides is 1. The molecule has 0 radical (unpaired) electrons. The van der Waals surface area contributed by atoms with Gasteiger partial charge in [0.2, 0.25) is 5.91 Å². The fourth-order valence-corrected chi connectivity index (χ4v) is 3.03. The smallest absolute Gasteiger partial charge is 0.331 e. The van der Waals surface area contributed by atoms with E-state index in [1.807, 2.05) is 0 Å². The molecule has 1 aliphatic carbocycles. The van der Waals surface area contributed by atoms with E-state index in [1.165, 1.54) is 12.1 Å². The van der Waals surface area contributed by atoms with E-state index < -0.39 is 11.4 Å². The first-order chi connectivity index (χ1) is 11.5. The molecule has 0 spiro atoms. The van der Waals surface area contributed by atoms with Crippen LogP contribution < -0.4 is 10.1 Å². The number of rotatable bonds is 7. The van der Waals surface area contributed by atoms with Crippen molar-refractivity contribution >= 4 is 23.5 Å². The number of hydrogen-bond acceptors (Lipinski definition) is 4. The van der Waals surface area contributed by atoms with Crippen molar-refractivity contribution in [2.45, 2.75) is 44.6 Å². The van der Waals surface area contributed by atoms with Crippen molar-refractivity contribution in [1.82, 2.24) is 5.32 Å². The summed E-state index contributed by atoms with van der Waals surface area (Å²) in [6.45, 7) is 2.10. The van der Waals surface area contributed by atoms with Gasteiger partial charge in [-0.1, -0.05) is 24.4 Å². The molecule has 2 rings (SSSR count). The summed E-state index contributed by atoms with van der Waals surface area (Å²) >= 11 is 5.85. The SMILES string of the molecule is CCOC(=O)C1(NC(=O)CCOc2ccc(F)cc2Cl)CCCC1. The van der Waals surface area contributed by atoms with Gasteiger partial charge in [0.05, 0.1) is 24.7 Å². The van der Waals surface area contributed by atoms with Gasteiger partial charge in [0.1, 0.15) is 17.1 Å². The molecule has 0 bridgehead atoms. The molecule has 1 aromatic carbocycles. The van der Waals surface area contributed by atoms with Crippen molar-refractivity contribution in [3.05, 3.63) is 29.0 Å². The lowest BCUT2D eigenvalue weighted by atomic mass is 9.97. The Morgan fingerprint density at radius 3 is 2.67 bits per heavy atom. The molecular weight excluding hydrogens is 337 g/mol. The van der Waals surface area contributed by atoms with Crippen molar-refractivity contribution in [3.8, 4) is 5.75 Å². The third kappa shape index (κ3) is 4.60. The van der Waals surface area contributed by atoms with Crippen LogP contribution in [0.15, 0.2) is 18.2 Å². The van der Waals surface area contributed by atoms with E-state index in [9.17, 15) is 14.0 Å². The molecule has 1 aromatic rings. The van der Waals surface area contributed by atoms with Crippen LogP contribution in [0.5, 0.6) is 5.75 Å². The number of nitrogens with one attached hydrogen (secondary N) is 1. The molecule has 0 aromatic heterocycles. The van der Waals surface area contributed by atoms with Crippen molar-refractivity contribution in [1.29, 1.82) is 0 Å². The molecule has 1 amide bonds. The molecule has 0 saturated heterocycles. The van der Waals surface area contributed by atoms with Gasteiger partial charge in [0.25, 0.3) is 0 Å². The van der Waals surface area contributed by atoms with Gasteiger partial charge < -0.3 is 14.8 Å². The fraction of sp³-hybridized carbons (Fsp3) is 0.529. The maximum atomic E-state index is 13.0. The molecule has 0 atom stereocenters. The Morgan fingerprint density at radius 1 is 1.33 bits per heavy atom. The predicted molar refractivity (Wildman–Crippen MR) is 87.5 cm³/mol. The van der Waals surface area contributed by atoms with Gasteiger partial charge in [-0.15, -0.1) is 0 Å². The third-order valence-electron chi connectivity index (χ3n) is 3.98. The third-order valence-corrected chi connectivity index (χ3v) is 4.28. The quantitative estimate of drug-likeness (QED) is 0.761. The number of ether oxygens (including phenoxy) is 2.